The fourth-order valence-electron chi connectivity index (χ4n) is 2.76. The lowest BCUT2D eigenvalue weighted by molar-refractivity contribution is -0.137. The first-order chi connectivity index (χ1) is 13.4. The van der Waals surface area contributed by atoms with Gasteiger partial charge in [-0.1, -0.05) is 66.2 Å². The van der Waals surface area contributed by atoms with Gasteiger partial charge in [-0.3, -0.25) is 9.59 Å². The molecule has 0 aliphatic heterocycles. The molecule has 0 radical (unpaired) electrons. The summed E-state index contributed by atoms with van der Waals surface area (Å²) in [5.74, 6) is -1.95. The summed E-state index contributed by atoms with van der Waals surface area (Å²) in [5, 5.41) is 21.2. The summed E-state index contributed by atoms with van der Waals surface area (Å²) in [6.45, 7) is 0. The smallest absolute Gasteiger partial charge is 0.305 e. The van der Waals surface area contributed by atoms with E-state index in [4.69, 9.17) is 11.6 Å². The van der Waals surface area contributed by atoms with Gasteiger partial charge in [-0.25, -0.2) is 4.98 Å². The number of aliphatic carboxylic acids is 1. The summed E-state index contributed by atoms with van der Waals surface area (Å²) in [7, 11) is 0. The highest BCUT2D eigenvalue weighted by atomic mass is 35.5. The molecular weight excluding hydrogens is 380 g/mol. The van der Waals surface area contributed by atoms with Crippen LogP contribution in [-0.4, -0.2) is 27.1 Å². The second kappa shape index (κ2) is 8.54. The summed E-state index contributed by atoms with van der Waals surface area (Å²) in [4.78, 5) is 27.4. The van der Waals surface area contributed by atoms with Crippen LogP contribution < -0.4 is 5.32 Å². The number of nitrogens with zero attached hydrogens (tertiary/aromatic N) is 1. The van der Waals surface area contributed by atoms with Gasteiger partial charge >= 0.3 is 5.97 Å². The van der Waals surface area contributed by atoms with Gasteiger partial charge < -0.3 is 15.5 Å². The highest BCUT2D eigenvalue weighted by molar-refractivity contribution is 6.32. The molecule has 6 nitrogen and oxygen atoms in total. The zero-order valence-electron chi connectivity index (χ0n) is 14.7. The molecule has 1 heterocycles. The number of aromatic hydroxyl groups is 1. The Morgan fingerprint density at radius 1 is 1.04 bits per heavy atom. The molecule has 3 aromatic rings. The first-order valence-corrected chi connectivity index (χ1v) is 8.84. The van der Waals surface area contributed by atoms with E-state index in [-0.39, 0.29) is 22.9 Å². The van der Waals surface area contributed by atoms with E-state index in [0.29, 0.717) is 5.56 Å². The molecule has 0 spiro atoms. The number of carbonyl (C=O) groups excluding carboxylic acids is 1. The summed E-state index contributed by atoms with van der Waals surface area (Å²) in [6, 6.07) is 17.6. The van der Waals surface area contributed by atoms with Crippen molar-refractivity contribution >= 4 is 23.5 Å². The van der Waals surface area contributed by atoms with Crippen molar-refractivity contribution in [2.24, 2.45) is 0 Å². The largest absolute Gasteiger partial charge is 0.492 e. The number of carboxylic acid groups (broad SMARTS) is 1. The van der Waals surface area contributed by atoms with Crippen molar-refractivity contribution in [1.82, 2.24) is 10.3 Å². The van der Waals surface area contributed by atoms with E-state index in [9.17, 15) is 19.8 Å². The van der Waals surface area contributed by atoms with E-state index in [1.54, 1.807) is 12.1 Å². The second-order valence-electron chi connectivity index (χ2n) is 6.14. The normalized spacial score (nSPS) is 11.6. The maximum absolute atomic E-state index is 12.5. The molecule has 2 aromatic carbocycles. The molecule has 0 saturated carbocycles. The Kier molecular flexibility index (Phi) is 5.91. The second-order valence-corrected chi connectivity index (χ2v) is 6.55. The van der Waals surface area contributed by atoms with Crippen molar-refractivity contribution in [3.63, 3.8) is 0 Å². The van der Waals surface area contributed by atoms with Crippen LogP contribution >= 0.6 is 11.6 Å². The number of carboxylic acids is 1. The molecule has 3 rings (SSSR count). The number of nitrogens with one attached hydrogen (secondary N) is 1. The highest BCUT2D eigenvalue weighted by Gasteiger charge is 2.20. The predicted molar refractivity (Wildman–Crippen MR) is 105 cm³/mol. The number of rotatable bonds is 6. The number of hydrogen-bond acceptors (Lipinski definition) is 4. The Labute approximate surface area is 166 Å². The van der Waals surface area contributed by atoms with E-state index in [2.05, 4.69) is 10.3 Å². The van der Waals surface area contributed by atoms with Gasteiger partial charge in [0.15, 0.2) is 0 Å². The average molecular weight is 397 g/mol. The molecule has 142 valence electrons. The van der Waals surface area contributed by atoms with Crippen molar-refractivity contribution in [3.8, 4) is 17.0 Å². The Balaban J connectivity index is 1.82. The van der Waals surface area contributed by atoms with Crippen molar-refractivity contribution < 1.29 is 19.8 Å². The fraction of sp³-hybridized carbons (Fsp3) is 0.0952. The standard InChI is InChI=1S/C21H17ClN2O4/c22-17-10-16(12-23-21(17)28)20(27)24-18(11-19(25)26)15-8-6-14(7-9-15)13-4-2-1-3-5-13/h1-10,12,18H,11H2,(H,23,28)(H,24,27)(H,25,26). The fourth-order valence-corrected chi connectivity index (χ4v) is 2.93. The van der Waals surface area contributed by atoms with Crippen molar-refractivity contribution in [1.29, 1.82) is 0 Å². The molecule has 1 amide bonds. The lowest BCUT2D eigenvalue weighted by Crippen LogP contribution is -2.30. The van der Waals surface area contributed by atoms with Crippen molar-refractivity contribution in [2.45, 2.75) is 12.5 Å². The lowest BCUT2D eigenvalue weighted by atomic mass is 9.99. The molecule has 3 N–H and O–H groups in total. The summed E-state index contributed by atoms with van der Waals surface area (Å²) >= 11 is 5.78. The van der Waals surface area contributed by atoms with Gasteiger partial charge in [0, 0.05) is 6.20 Å². The number of amides is 1. The molecule has 0 saturated heterocycles. The van der Waals surface area contributed by atoms with Gasteiger partial charge in [-0.2, -0.15) is 0 Å². The molecule has 1 aromatic heterocycles. The van der Waals surface area contributed by atoms with E-state index in [0.717, 1.165) is 11.1 Å². The predicted octanol–water partition coefficient (Wildman–Crippen LogP) is 4.05. The quantitative estimate of drug-likeness (QED) is 0.583. The van der Waals surface area contributed by atoms with E-state index in [1.165, 1.54) is 12.3 Å². The van der Waals surface area contributed by atoms with Crippen LogP contribution in [0.15, 0.2) is 66.9 Å². The van der Waals surface area contributed by atoms with Crippen LogP contribution in [0.25, 0.3) is 11.1 Å². The lowest BCUT2D eigenvalue weighted by Gasteiger charge is -2.18. The van der Waals surface area contributed by atoms with Gasteiger partial charge in [0.25, 0.3) is 5.91 Å². The average Bonchev–Trinajstić information content (AvgIpc) is 2.70. The van der Waals surface area contributed by atoms with E-state index >= 15 is 0 Å². The molecule has 0 aliphatic rings. The highest BCUT2D eigenvalue weighted by Crippen LogP contribution is 2.25. The van der Waals surface area contributed by atoms with Gasteiger partial charge in [-0.15, -0.1) is 0 Å². The Morgan fingerprint density at radius 3 is 2.29 bits per heavy atom. The monoisotopic (exact) mass is 396 g/mol. The Morgan fingerprint density at radius 2 is 1.68 bits per heavy atom. The third kappa shape index (κ3) is 4.66. The molecule has 28 heavy (non-hydrogen) atoms. The van der Waals surface area contributed by atoms with E-state index in [1.807, 2.05) is 42.5 Å². The van der Waals surface area contributed by atoms with Gasteiger partial charge in [-0.05, 0) is 22.8 Å². The number of aromatic nitrogens is 1. The molecule has 0 aliphatic carbocycles. The van der Waals surface area contributed by atoms with Crippen molar-refractivity contribution in [3.05, 3.63) is 83.0 Å². The third-order valence-electron chi connectivity index (χ3n) is 4.19. The molecule has 1 atom stereocenters. The van der Waals surface area contributed by atoms with Crippen LogP contribution in [-0.2, 0) is 4.79 Å². The van der Waals surface area contributed by atoms with Crippen LogP contribution in [0.3, 0.4) is 0 Å². The van der Waals surface area contributed by atoms with Crippen LogP contribution in [0.1, 0.15) is 28.4 Å². The Hall–Kier alpha value is -3.38. The summed E-state index contributed by atoms with van der Waals surface area (Å²) < 4.78 is 0. The van der Waals surface area contributed by atoms with Crippen LogP contribution in [0.5, 0.6) is 5.88 Å². The minimum Gasteiger partial charge on any atom is -0.492 e. The number of carbonyl (C=O) groups is 2. The van der Waals surface area contributed by atoms with E-state index < -0.39 is 17.9 Å². The maximum atomic E-state index is 12.5. The zero-order chi connectivity index (χ0) is 20.1. The SMILES string of the molecule is O=C(O)CC(NC(=O)c1cnc(O)c(Cl)c1)c1ccc(-c2ccccc2)cc1. The molecular formula is C21H17ClN2O4. The Bertz CT molecular complexity index is 991. The summed E-state index contributed by atoms with van der Waals surface area (Å²) in [6.07, 6.45) is 0.891. The van der Waals surface area contributed by atoms with Crippen LogP contribution in [0.4, 0.5) is 0 Å². The molecule has 1 unspecified atom stereocenters. The third-order valence-corrected chi connectivity index (χ3v) is 4.47. The van der Waals surface area contributed by atoms with Crippen LogP contribution in [0.2, 0.25) is 5.02 Å². The molecule has 0 bridgehead atoms. The first-order valence-electron chi connectivity index (χ1n) is 8.46. The van der Waals surface area contributed by atoms with Crippen molar-refractivity contribution in [2.75, 3.05) is 0 Å². The topological polar surface area (TPSA) is 99.5 Å². The van der Waals surface area contributed by atoms with Gasteiger partial charge in [0.1, 0.15) is 5.02 Å². The molecule has 0 fully saturated rings. The minimum atomic E-state index is -1.04. The summed E-state index contributed by atoms with van der Waals surface area (Å²) in [5.41, 5.74) is 2.81. The van der Waals surface area contributed by atoms with Crippen LogP contribution in [0, 0.1) is 0 Å². The number of hydrogen-bond donors (Lipinski definition) is 3. The minimum absolute atomic E-state index is 0.0605. The molecule has 7 heteroatoms. The maximum Gasteiger partial charge on any atom is 0.305 e. The number of pyridine rings is 1. The number of benzene rings is 2. The zero-order valence-corrected chi connectivity index (χ0v) is 15.4. The van der Waals surface area contributed by atoms with Gasteiger partial charge in [0.05, 0.1) is 18.0 Å². The first kappa shape index (κ1) is 19.4. The number of halogens is 1. The van der Waals surface area contributed by atoms with Gasteiger partial charge in [0.2, 0.25) is 5.88 Å².